The Balaban J connectivity index is 2.75. The molecule has 0 unspecified atom stereocenters. The maximum atomic E-state index is 10.9. The molecule has 0 radical (unpaired) electrons. The van der Waals surface area contributed by atoms with Crippen molar-refractivity contribution in [3.05, 3.63) is 28.7 Å². The molecular weight excluding hydrogens is 182 g/mol. The number of hydrogen-bond donors (Lipinski definition) is 1. The van der Waals surface area contributed by atoms with Gasteiger partial charge in [-0.1, -0.05) is 5.04 Å². The molecule has 1 aromatic rings. The van der Waals surface area contributed by atoms with Crippen LogP contribution in [0.25, 0.3) is 0 Å². The highest BCUT2D eigenvalue weighted by atomic mass is 32.2. The van der Waals surface area contributed by atoms with Gasteiger partial charge in [0.2, 0.25) is 5.56 Å². The van der Waals surface area contributed by atoms with E-state index in [2.05, 4.69) is 9.37 Å². The zero-order chi connectivity index (χ0) is 8.97. The fraction of sp³-hybridized carbons (Fsp3) is 0.167. The standard InChI is InChI=1S/C6H7NO4S/c1-7-4-5(12-11-10-9)2-3-6(7)8/h2-4,9H,1H3. The third-order valence-electron chi connectivity index (χ3n) is 1.22. The van der Waals surface area contributed by atoms with Crippen LogP contribution in [0, 0.1) is 0 Å². The summed E-state index contributed by atoms with van der Waals surface area (Å²) in [5, 5.41) is 11.2. The van der Waals surface area contributed by atoms with E-state index in [-0.39, 0.29) is 5.56 Å². The average Bonchev–Trinajstić information content (AvgIpc) is 2.07. The predicted molar refractivity (Wildman–Crippen MR) is 42.3 cm³/mol. The first-order chi connectivity index (χ1) is 5.74. The van der Waals surface area contributed by atoms with Crippen LogP contribution in [-0.4, -0.2) is 9.82 Å². The second kappa shape index (κ2) is 4.27. The summed E-state index contributed by atoms with van der Waals surface area (Å²) in [5.41, 5.74) is -0.107. The van der Waals surface area contributed by atoms with E-state index in [0.717, 1.165) is 12.0 Å². The molecule has 0 amide bonds. The van der Waals surface area contributed by atoms with Crippen LogP contribution in [0.2, 0.25) is 0 Å². The summed E-state index contributed by atoms with van der Waals surface area (Å²) < 4.78 is 5.56. The van der Waals surface area contributed by atoms with Crippen LogP contribution in [0.15, 0.2) is 28.0 Å². The van der Waals surface area contributed by atoms with E-state index >= 15 is 0 Å². The van der Waals surface area contributed by atoms with Gasteiger partial charge in [0.1, 0.15) is 0 Å². The van der Waals surface area contributed by atoms with Crippen molar-refractivity contribution >= 4 is 12.0 Å². The highest BCUT2D eigenvalue weighted by Gasteiger charge is 1.96. The van der Waals surface area contributed by atoms with E-state index in [0.29, 0.717) is 4.90 Å². The Bertz CT molecular complexity index is 311. The van der Waals surface area contributed by atoms with Crippen molar-refractivity contribution in [3.8, 4) is 0 Å². The fourth-order valence-electron chi connectivity index (χ4n) is 0.672. The number of nitrogens with zero attached hydrogens (tertiary/aromatic N) is 1. The van der Waals surface area contributed by atoms with Crippen LogP contribution in [-0.2, 0) is 16.4 Å². The first-order valence-corrected chi connectivity index (χ1v) is 3.79. The number of aromatic nitrogens is 1. The highest BCUT2D eigenvalue weighted by molar-refractivity contribution is 7.94. The molecule has 1 rings (SSSR count). The van der Waals surface area contributed by atoms with Crippen LogP contribution in [0.5, 0.6) is 0 Å². The van der Waals surface area contributed by atoms with Crippen molar-refractivity contribution in [1.29, 1.82) is 0 Å². The topological polar surface area (TPSA) is 60.7 Å². The van der Waals surface area contributed by atoms with E-state index in [1.54, 1.807) is 19.3 Å². The molecule has 0 atom stereocenters. The van der Waals surface area contributed by atoms with Crippen molar-refractivity contribution < 1.29 is 14.6 Å². The molecule has 0 aliphatic carbocycles. The fourth-order valence-corrected chi connectivity index (χ4v) is 1.11. The normalized spacial score (nSPS) is 10.2. The van der Waals surface area contributed by atoms with E-state index in [1.807, 2.05) is 0 Å². The molecule has 1 aromatic heterocycles. The van der Waals surface area contributed by atoms with Gasteiger partial charge < -0.3 is 4.57 Å². The lowest BCUT2D eigenvalue weighted by molar-refractivity contribution is -0.432. The smallest absolute Gasteiger partial charge is 0.250 e. The van der Waals surface area contributed by atoms with E-state index < -0.39 is 0 Å². The van der Waals surface area contributed by atoms with Gasteiger partial charge in [-0.05, 0) is 6.07 Å². The molecule has 0 spiro atoms. The second-order valence-electron chi connectivity index (χ2n) is 2.04. The van der Waals surface area contributed by atoms with Gasteiger partial charge in [0, 0.05) is 19.3 Å². The number of hydrogen-bond acceptors (Lipinski definition) is 5. The Morgan fingerprint density at radius 3 is 2.92 bits per heavy atom. The largest absolute Gasteiger partial charge is 0.317 e. The van der Waals surface area contributed by atoms with Crippen molar-refractivity contribution in [3.63, 3.8) is 0 Å². The first-order valence-electron chi connectivity index (χ1n) is 3.05. The maximum Gasteiger partial charge on any atom is 0.250 e. The van der Waals surface area contributed by atoms with Crippen molar-refractivity contribution in [2.45, 2.75) is 4.90 Å². The minimum Gasteiger partial charge on any atom is -0.317 e. The highest BCUT2D eigenvalue weighted by Crippen LogP contribution is 2.16. The molecule has 6 heteroatoms. The zero-order valence-electron chi connectivity index (χ0n) is 6.26. The number of aryl methyl sites for hydroxylation is 1. The summed E-state index contributed by atoms with van der Waals surface area (Å²) in [7, 11) is 1.62. The molecule has 0 saturated heterocycles. The molecule has 66 valence electrons. The van der Waals surface area contributed by atoms with Gasteiger partial charge in [-0.15, -0.1) is 4.33 Å². The molecule has 0 aliphatic rings. The average molecular weight is 189 g/mol. The molecule has 5 nitrogen and oxygen atoms in total. The molecule has 1 N–H and O–H groups in total. The van der Waals surface area contributed by atoms with E-state index in [1.165, 1.54) is 10.6 Å². The Morgan fingerprint density at radius 2 is 2.33 bits per heavy atom. The molecular formula is C6H7NO4S. The lowest BCUT2D eigenvalue weighted by Gasteiger charge is -1.99. The van der Waals surface area contributed by atoms with Crippen molar-refractivity contribution in [2.24, 2.45) is 7.05 Å². The van der Waals surface area contributed by atoms with Crippen LogP contribution in [0.4, 0.5) is 0 Å². The van der Waals surface area contributed by atoms with E-state index in [4.69, 9.17) is 5.26 Å². The number of pyridine rings is 1. The SMILES string of the molecule is Cn1cc(SOOO)ccc1=O. The molecule has 0 saturated carbocycles. The van der Waals surface area contributed by atoms with Gasteiger partial charge in [-0.25, -0.2) is 5.26 Å². The van der Waals surface area contributed by atoms with E-state index in [9.17, 15) is 4.79 Å². The van der Waals surface area contributed by atoms with Gasteiger partial charge in [-0.3, -0.25) is 4.79 Å². The Morgan fingerprint density at radius 1 is 1.58 bits per heavy atom. The summed E-state index contributed by atoms with van der Waals surface area (Å²) in [4.78, 5) is 11.5. The lowest BCUT2D eigenvalue weighted by Crippen LogP contribution is -2.13. The molecule has 0 fully saturated rings. The lowest BCUT2D eigenvalue weighted by atomic mass is 10.5. The third-order valence-corrected chi connectivity index (χ3v) is 1.78. The molecule has 12 heavy (non-hydrogen) atoms. The number of rotatable bonds is 3. The first kappa shape index (κ1) is 9.27. The molecule has 0 bridgehead atoms. The van der Waals surface area contributed by atoms with Crippen LogP contribution in [0.1, 0.15) is 0 Å². The summed E-state index contributed by atoms with van der Waals surface area (Å²) in [6.07, 6.45) is 1.56. The van der Waals surface area contributed by atoms with Gasteiger partial charge in [0.05, 0.1) is 16.9 Å². The molecule has 0 aromatic carbocycles. The van der Waals surface area contributed by atoms with Gasteiger partial charge >= 0.3 is 0 Å². The third kappa shape index (κ3) is 2.35. The predicted octanol–water partition coefficient (Wildman–Crippen LogP) is 0.814. The monoisotopic (exact) mass is 189 g/mol. The quantitative estimate of drug-likeness (QED) is 0.433. The van der Waals surface area contributed by atoms with Gasteiger partial charge in [0.25, 0.3) is 0 Å². The van der Waals surface area contributed by atoms with Crippen LogP contribution in [0.3, 0.4) is 0 Å². The Hall–Kier alpha value is -0.820. The zero-order valence-corrected chi connectivity index (χ0v) is 7.08. The molecule has 1 heterocycles. The van der Waals surface area contributed by atoms with Crippen molar-refractivity contribution in [1.82, 2.24) is 4.57 Å². The summed E-state index contributed by atoms with van der Waals surface area (Å²) in [5.74, 6) is 0. The van der Waals surface area contributed by atoms with Crippen molar-refractivity contribution in [2.75, 3.05) is 0 Å². The van der Waals surface area contributed by atoms with Crippen LogP contribution >= 0.6 is 12.0 Å². The summed E-state index contributed by atoms with van der Waals surface area (Å²) >= 11 is 0.811. The second-order valence-corrected chi connectivity index (χ2v) is 2.81. The minimum absolute atomic E-state index is 0.107. The van der Waals surface area contributed by atoms with Gasteiger partial charge in [0.15, 0.2) is 0 Å². The minimum atomic E-state index is -0.107. The molecule has 0 aliphatic heterocycles. The maximum absolute atomic E-state index is 10.9. The Labute approximate surface area is 72.6 Å². The Kier molecular flexibility index (Phi) is 3.30. The summed E-state index contributed by atoms with van der Waals surface area (Å²) in [6.45, 7) is 0. The van der Waals surface area contributed by atoms with Crippen LogP contribution < -0.4 is 5.56 Å². The summed E-state index contributed by atoms with van der Waals surface area (Å²) in [6, 6.07) is 2.95. The van der Waals surface area contributed by atoms with Gasteiger partial charge in [-0.2, -0.15) is 0 Å².